The maximum atomic E-state index is 9.21. The Bertz CT molecular complexity index is 280. The topological polar surface area (TPSA) is 47.3 Å². The summed E-state index contributed by atoms with van der Waals surface area (Å²) in [5.41, 5.74) is 0.249. The fraction of sp³-hybridized carbons (Fsp3) is 0.909. The lowest BCUT2D eigenvalue weighted by Gasteiger charge is -2.23. The first-order valence-corrected chi connectivity index (χ1v) is 5.51. The highest BCUT2D eigenvalue weighted by Crippen LogP contribution is 2.53. The van der Waals surface area contributed by atoms with E-state index in [1.54, 1.807) is 0 Å². The SMILES string of the molecule is N#CC1[C@H]2CN(CC3(CO)CC3)C[C@@H]12. The fourth-order valence-electron chi connectivity index (χ4n) is 2.95. The standard InChI is InChI=1S/C11H16N2O/c12-3-8-9-4-13(5-10(8)9)6-11(7-14)1-2-11/h8-10,14H,1-2,4-7H2/t8?,9-,10+. The Labute approximate surface area is 84.3 Å². The van der Waals surface area contributed by atoms with Gasteiger partial charge in [0.05, 0.1) is 12.0 Å². The molecule has 1 unspecified atom stereocenters. The van der Waals surface area contributed by atoms with Crippen molar-refractivity contribution in [1.29, 1.82) is 5.26 Å². The molecular formula is C11H16N2O. The second-order valence-corrected chi connectivity index (χ2v) is 5.33. The van der Waals surface area contributed by atoms with E-state index >= 15 is 0 Å². The highest BCUT2D eigenvalue weighted by atomic mass is 16.3. The van der Waals surface area contributed by atoms with Crippen LogP contribution in [0.3, 0.4) is 0 Å². The lowest BCUT2D eigenvalue weighted by atomic mass is 10.1. The molecule has 3 heteroatoms. The Hall–Kier alpha value is -0.590. The van der Waals surface area contributed by atoms with Gasteiger partial charge in [-0.1, -0.05) is 0 Å². The highest BCUT2D eigenvalue weighted by molar-refractivity contribution is 5.15. The lowest BCUT2D eigenvalue weighted by Crippen LogP contribution is -2.32. The zero-order valence-electron chi connectivity index (χ0n) is 8.32. The summed E-state index contributed by atoms with van der Waals surface area (Å²) in [5.74, 6) is 1.68. The molecule has 3 aliphatic rings. The van der Waals surface area contributed by atoms with Gasteiger partial charge in [0, 0.05) is 31.7 Å². The van der Waals surface area contributed by atoms with Crippen LogP contribution in [0.5, 0.6) is 0 Å². The van der Waals surface area contributed by atoms with Crippen LogP contribution in [0, 0.1) is 34.5 Å². The van der Waals surface area contributed by atoms with Crippen LogP contribution in [0.15, 0.2) is 0 Å². The van der Waals surface area contributed by atoms with E-state index in [-0.39, 0.29) is 5.41 Å². The lowest BCUT2D eigenvalue weighted by molar-refractivity contribution is 0.154. The largest absolute Gasteiger partial charge is 0.396 e. The summed E-state index contributed by atoms with van der Waals surface area (Å²) in [7, 11) is 0. The summed E-state index contributed by atoms with van der Waals surface area (Å²) < 4.78 is 0. The van der Waals surface area contributed by atoms with E-state index in [1.807, 2.05) is 0 Å². The molecular weight excluding hydrogens is 176 g/mol. The quantitative estimate of drug-likeness (QED) is 0.706. The summed E-state index contributed by atoms with van der Waals surface area (Å²) in [5, 5.41) is 18.0. The number of piperidine rings is 1. The van der Waals surface area contributed by atoms with Crippen LogP contribution < -0.4 is 0 Å². The van der Waals surface area contributed by atoms with Crippen molar-refractivity contribution >= 4 is 0 Å². The second-order valence-electron chi connectivity index (χ2n) is 5.33. The summed E-state index contributed by atoms with van der Waals surface area (Å²) in [6.45, 7) is 3.62. The Morgan fingerprint density at radius 2 is 2.00 bits per heavy atom. The van der Waals surface area contributed by atoms with Gasteiger partial charge in [-0.05, 0) is 24.7 Å². The van der Waals surface area contributed by atoms with Crippen molar-refractivity contribution in [3.05, 3.63) is 0 Å². The van der Waals surface area contributed by atoms with Gasteiger partial charge in [0.15, 0.2) is 0 Å². The molecule has 0 spiro atoms. The number of nitrogens with zero attached hydrogens (tertiary/aromatic N) is 2. The third-order valence-corrected chi connectivity index (χ3v) is 4.27. The molecule has 3 rings (SSSR count). The smallest absolute Gasteiger partial charge is 0.0662 e. The normalized spacial score (nSPS) is 43.0. The third kappa shape index (κ3) is 1.18. The van der Waals surface area contributed by atoms with Crippen molar-refractivity contribution in [3.8, 4) is 6.07 Å². The molecule has 3 fully saturated rings. The number of nitriles is 1. The van der Waals surface area contributed by atoms with Crippen LogP contribution >= 0.6 is 0 Å². The monoisotopic (exact) mass is 192 g/mol. The zero-order chi connectivity index (χ0) is 9.76. The fourth-order valence-corrected chi connectivity index (χ4v) is 2.95. The molecule has 1 aliphatic heterocycles. The van der Waals surface area contributed by atoms with E-state index in [4.69, 9.17) is 5.26 Å². The molecule has 0 aromatic rings. The molecule has 0 bridgehead atoms. The Morgan fingerprint density at radius 1 is 1.36 bits per heavy atom. The molecule has 1 saturated heterocycles. The summed E-state index contributed by atoms with van der Waals surface area (Å²) >= 11 is 0. The molecule has 1 N–H and O–H groups in total. The molecule has 76 valence electrons. The second kappa shape index (κ2) is 2.71. The molecule has 0 amide bonds. The minimum Gasteiger partial charge on any atom is -0.396 e. The van der Waals surface area contributed by atoms with Gasteiger partial charge in [0.1, 0.15) is 0 Å². The Morgan fingerprint density at radius 3 is 2.43 bits per heavy atom. The van der Waals surface area contributed by atoms with E-state index in [9.17, 15) is 5.11 Å². The van der Waals surface area contributed by atoms with Gasteiger partial charge in [-0.3, -0.25) is 0 Å². The first-order valence-electron chi connectivity index (χ1n) is 5.51. The Balaban J connectivity index is 1.53. The first-order chi connectivity index (χ1) is 6.78. The molecule has 3 nitrogen and oxygen atoms in total. The average Bonchev–Trinajstić information content (AvgIpc) is 3.06. The molecule has 14 heavy (non-hydrogen) atoms. The van der Waals surface area contributed by atoms with Crippen molar-refractivity contribution in [2.45, 2.75) is 12.8 Å². The molecule has 0 radical (unpaired) electrons. The third-order valence-electron chi connectivity index (χ3n) is 4.27. The maximum absolute atomic E-state index is 9.21. The van der Waals surface area contributed by atoms with E-state index in [0.717, 1.165) is 19.6 Å². The zero-order valence-corrected chi connectivity index (χ0v) is 8.32. The van der Waals surface area contributed by atoms with Crippen LogP contribution in [-0.4, -0.2) is 36.2 Å². The minimum atomic E-state index is 0.249. The molecule has 2 saturated carbocycles. The van der Waals surface area contributed by atoms with E-state index < -0.39 is 0 Å². The number of rotatable bonds is 3. The number of fused-ring (bicyclic) bond motifs is 1. The van der Waals surface area contributed by atoms with Crippen LogP contribution in [0.4, 0.5) is 0 Å². The Kier molecular flexibility index (Phi) is 1.68. The van der Waals surface area contributed by atoms with E-state index in [1.165, 1.54) is 12.8 Å². The van der Waals surface area contributed by atoms with E-state index in [0.29, 0.717) is 24.4 Å². The molecule has 2 aliphatic carbocycles. The number of aliphatic hydroxyl groups excluding tert-OH is 1. The number of aliphatic hydroxyl groups is 1. The van der Waals surface area contributed by atoms with Gasteiger partial charge in [-0.2, -0.15) is 5.26 Å². The first kappa shape index (κ1) is 8.70. The van der Waals surface area contributed by atoms with Gasteiger partial charge in [0.25, 0.3) is 0 Å². The summed E-state index contributed by atoms with van der Waals surface area (Å²) in [6.07, 6.45) is 2.38. The van der Waals surface area contributed by atoms with Gasteiger partial charge in [0.2, 0.25) is 0 Å². The maximum Gasteiger partial charge on any atom is 0.0662 e. The van der Waals surface area contributed by atoms with Crippen molar-refractivity contribution in [1.82, 2.24) is 4.90 Å². The average molecular weight is 192 g/mol. The van der Waals surface area contributed by atoms with Crippen molar-refractivity contribution in [2.24, 2.45) is 23.2 Å². The summed E-state index contributed by atoms with van der Waals surface area (Å²) in [4.78, 5) is 2.45. The van der Waals surface area contributed by atoms with Crippen LogP contribution in [-0.2, 0) is 0 Å². The summed E-state index contributed by atoms with van der Waals surface area (Å²) in [6, 6.07) is 2.38. The van der Waals surface area contributed by atoms with Crippen LogP contribution in [0.1, 0.15) is 12.8 Å². The number of hydrogen-bond donors (Lipinski definition) is 1. The van der Waals surface area contributed by atoms with Gasteiger partial charge in [-0.25, -0.2) is 0 Å². The van der Waals surface area contributed by atoms with Crippen LogP contribution in [0.2, 0.25) is 0 Å². The number of likely N-dealkylation sites (tertiary alicyclic amines) is 1. The van der Waals surface area contributed by atoms with Crippen molar-refractivity contribution in [2.75, 3.05) is 26.2 Å². The van der Waals surface area contributed by atoms with Gasteiger partial charge >= 0.3 is 0 Å². The van der Waals surface area contributed by atoms with Crippen molar-refractivity contribution < 1.29 is 5.11 Å². The van der Waals surface area contributed by atoms with Crippen molar-refractivity contribution in [3.63, 3.8) is 0 Å². The molecule has 1 heterocycles. The molecule has 3 atom stereocenters. The van der Waals surface area contributed by atoms with Gasteiger partial charge in [-0.15, -0.1) is 0 Å². The predicted octanol–water partition coefficient (Wildman–Crippen LogP) is 0.460. The molecule has 0 aromatic carbocycles. The predicted molar refractivity (Wildman–Crippen MR) is 51.3 cm³/mol. The molecule has 0 aromatic heterocycles. The minimum absolute atomic E-state index is 0.249. The van der Waals surface area contributed by atoms with Gasteiger partial charge < -0.3 is 10.0 Å². The van der Waals surface area contributed by atoms with Crippen LogP contribution in [0.25, 0.3) is 0 Å². The highest BCUT2D eigenvalue weighted by Gasteiger charge is 2.57. The number of hydrogen-bond acceptors (Lipinski definition) is 3. The van der Waals surface area contributed by atoms with E-state index in [2.05, 4.69) is 11.0 Å².